The fraction of sp³-hybridized carbons (Fsp3) is 0.727. The van der Waals surface area contributed by atoms with Gasteiger partial charge in [0.25, 0.3) is 0 Å². The van der Waals surface area contributed by atoms with E-state index in [0.717, 1.165) is 12.8 Å². The minimum atomic E-state index is -3.55. The highest BCUT2D eigenvalue weighted by atomic mass is 32.2. The molecule has 1 fully saturated rings. The molecule has 1 heterocycles. The molecule has 6 nitrogen and oxygen atoms in total. The Bertz CT molecular complexity index is 544. The summed E-state index contributed by atoms with van der Waals surface area (Å²) in [5, 5.41) is 6.60. The fourth-order valence-electron chi connectivity index (χ4n) is 2.29. The first-order valence-electron chi connectivity index (χ1n) is 6.23. The van der Waals surface area contributed by atoms with Gasteiger partial charge in [0, 0.05) is 17.8 Å². The molecule has 1 aliphatic carbocycles. The quantitative estimate of drug-likeness (QED) is 0.719. The predicted molar refractivity (Wildman–Crippen MR) is 76.5 cm³/mol. The van der Waals surface area contributed by atoms with Crippen LogP contribution in [0.5, 0.6) is 0 Å². The third-order valence-corrected chi connectivity index (χ3v) is 6.73. The Kier molecular flexibility index (Phi) is 4.24. The standard InChI is InChI=1S/C11H20N4O2S2/c1-8-10(9(6-12)15-14-8)19(16,17)13-7-11(18-2)4-3-5-11/h13H,3-7,12H2,1-2H3,(H,14,15). The van der Waals surface area contributed by atoms with Crippen LogP contribution in [0, 0.1) is 6.92 Å². The van der Waals surface area contributed by atoms with Crippen LogP contribution in [0.1, 0.15) is 30.7 Å². The van der Waals surface area contributed by atoms with E-state index in [4.69, 9.17) is 5.73 Å². The van der Waals surface area contributed by atoms with E-state index in [1.54, 1.807) is 18.7 Å². The lowest BCUT2D eigenvalue weighted by Gasteiger charge is -2.40. The van der Waals surface area contributed by atoms with Crippen molar-refractivity contribution in [3.05, 3.63) is 11.4 Å². The Morgan fingerprint density at radius 2 is 2.21 bits per heavy atom. The number of aromatic nitrogens is 2. The van der Waals surface area contributed by atoms with E-state index in [2.05, 4.69) is 14.9 Å². The summed E-state index contributed by atoms with van der Waals surface area (Å²) in [6, 6.07) is 0. The summed E-state index contributed by atoms with van der Waals surface area (Å²) in [6.45, 7) is 2.26. The van der Waals surface area contributed by atoms with Crippen LogP contribution in [-0.4, -0.2) is 36.2 Å². The van der Waals surface area contributed by atoms with Crippen LogP contribution >= 0.6 is 11.8 Å². The Morgan fingerprint density at radius 1 is 1.53 bits per heavy atom. The van der Waals surface area contributed by atoms with Gasteiger partial charge >= 0.3 is 0 Å². The van der Waals surface area contributed by atoms with Crippen LogP contribution in [0.2, 0.25) is 0 Å². The molecule has 0 saturated heterocycles. The first-order valence-corrected chi connectivity index (χ1v) is 8.94. The first-order chi connectivity index (χ1) is 8.94. The summed E-state index contributed by atoms with van der Waals surface area (Å²) in [5.74, 6) is 0. The average molecular weight is 304 g/mol. The fourth-order valence-corrected chi connectivity index (χ4v) is 4.79. The second-order valence-corrected chi connectivity index (χ2v) is 7.87. The van der Waals surface area contributed by atoms with Crippen molar-refractivity contribution in [3.63, 3.8) is 0 Å². The largest absolute Gasteiger partial charge is 0.325 e. The molecule has 108 valence electrons. The maximum absolute atomic E-state index is 12.4. The van der Waals surface area contributed by atoms with Crippen LogP contribution in [0.15, 0.2) is 4.90 Å². The third-order valence-electron chi connectivity index (χ3n) is 3.71. The number of nitrogens with two attached hydrogens (primary N) is 1. The minimum Gasteiger partial charge on any atom is -0.325 e. The van der Waals surface area contributed by atoms with E-state index >= 15 is 0 Å². The summed E-state index contributed by atoms with van der Waals surface area (Å²) in [6.07, 6.45) is 5.32. The number of nitrogens with one attached hydrogen (secondary N) is 2. The van der Waals surface area contributed by atoms with Gasteiger partial charge in [-0.1, -0.05) is 6.42 Å². The van der Waals surface area contributed by atoms with Crippen molar-refractivity contribution in [2.75, 3.05) is 12.8 Å². The Balaban J connectivity index is 2.16. The summed E-state index contributed by atoms with van der Waals surface area (Å²) in [5.41, 5.74) is 6.44. The van der Waals surface area contributed by atoms with E-state index in [0.29, 0.717) is 17.9 Å². The summed E-state index contributed by atoms with van der Waals surface area (Å²) in [4.78, 5) is 0.200. The van der Waals surface area contributed by atoms with Gasteiger partial charge < -0.3 is 5.73 Å². The summed E-state index contributed by atoms with van der Waals surface area (Å²) in [7, 11) is -3.55. The van der Waals surface area contributed by atoms with E-state index in [-0.39, 0.29) is 16.2 Å². The Labute approximate surface area is 118 Å². The van der Waals surface area contributed by atoms with Gasteiger partial charge in [-0.05, 0) is 26.0 Å². The Morgan fingerprint density at radius 3 is 2.68 bits per heavy atom. The smallest absolute Gasteiger partial charge is 0.244 e. The summed E-state index contributed by atoms with van der Waals surface area (Å²) < 4.78 is 27.5. The molecule has 4 N–H and O–H groups in total. The number of sulfonamides is 1. The SMILES string of the molecule is CSC1(CNS(=O)(=O)c2c(CN)n[nH]c2C)CCC1. The van der Waals surface area contributed by atoms with Crippen molar-refractivity contribution in [1.29, 1.82) is 0 Å². The maximum atomic E-state index is 12.4. The van der Waals surface area contributed by atoms with Crippen LogP contribution in [0.25, 0.3) is 0 Å². The van der Waals surface area contributed by atoms with Crippen molar-refractivity contribution >= 4 is 21.8 Å². The molecule has 0 spiro atoms. The van der Waals surface area contributed by atoms with Crippen LogP contribution in [0.4, 0.5) is 0 Å². The molecular formula is C11H20N4O2S2. The normalized spacial score (nSPS) is 18.3. The molecule has 1 saturated carbocycles. The average Bonchev–Trinajstić information content (AvgIpc) is 2.70. The molecule has 0 unspecified atom stereocenters. The van der Waals surface area contributed by atoms with E-state index in [9.17, 15) is 8.42 Å². The van der Waals surface area contributed by atoms with Gasteiger partial charge in [-0.3, -0.25) is 5.10 Å². The molecule has 0 amide bonds. The molecule has 1 aliphatic rings. The van der Waals surface area contributed by atoms with Crippen LogP contribution in [-0.2, 0) is 16.6 Å². The number of aromatic amines is 1. The molecule has 1 aromatic rings. The molecule has 8 heteroatoms. The summed E-state index contributed by atoms with van der Waals surface area (Å²) >= 11 is 1.74. The van der Waals surface area contributed by atoms with Crippen molar-refractivity contribution in [3.8, 4) is 0 Å². The van der Waals surface area contributed by atoms with E-state index in [1.165, 1.54) is 6.42 Å². The lowest BCUT2D eigenvalue weighted by Crippen LogP contribution is -2.45. The zero-order valence-corrected chi connectivity index (χ0v) is 12.8. The molecule has 1 aromatic heterocycles. The second-order valence-electron chi connectivity index (χ2n) is 4.89. The molecule has 19 heavy (non-hydrogen) atoms. The van der Waals surface area contributed by atoms with Crippen molar-refractivity contribution < 1.29 is 8.42 Å². The second kappa shape index (κ2) is 5.43. The predicted octanol–water partition coefficient (Wildman–Crippen LogP) is 0.741. The molecule has 0 bridgehead atoms. The molecule has 2 rings (SSSR count). The minimum absolute atomic E-state index is 0.0631. The van der Waals surface area contributed by atoms with Crippen molar-refractivity contribution in [2.45, 2.75) is 42.4 Å². The monoisotopic (exact) mass is 304 g/mol. The number of aryl methyl sites for hydroxylation is 1. The number of H-pyrrole nitrogens is 1. The van der Waals surface area contributed by atoms with Gasteiger partial charge in [-0.2, -0.15) is 16.9 Å². The van der Waals surface area contributed by atoms with Gasteiger partial charge in [-0.25, -0.2) is 13.1 Å². The molecule has 0 radical (unpaired) electrons. The lowest BCUT2D eigenvalue weighted by atomic mass is 9.84. The lowest BCUT2D eigenvalue weighted by molar-refractivity contribution is 0.361. The van der Waals surface area contributed by atoms with Gasteiger partial charge in [0.1, 0.15) is 4.90 Å². The molecular weight excluding hydrogens is 284 g/mol. The molecule has 0 atom stereocenters. The number of rotatable bonds is 6. The number of nitrogens with zero attached hydrogens (tertiary/aromatic N) is 1. The van der Waals surface area contributed by atoms with Crippen molar-refractivity contribution in [1.82, 2.24) is 14.9 Å². The Hall–Kier alpha value is -0.570. The highest BCUT2D eigenvalue weighted by molar-refractivity contribution is 8.00. The zero-order valence-electron chi connectivity index (χ0n) is 11.2. The number of thioether (sulfide) groups is 1. The molecule has 0 aromatic carbocycles. The maximum Gasteiger partial charge on any atom is 0.244 e. The van der Waals surface area contributed by atoms with Crippen LogP contribution < -0.4 is 10.5 Å². The van der Waals surface area contributed by atoms with Crippen LogP contribution in [0.3, 0.4) is 0 Å². The van der Waals surface area contributed by atoms with Gasteiger partial charge in [0.2, 0.25) is 10.0 Å². The van der Waals surface area contributed by atoms with E-state index in [1.807, 2.05) is 6.26 Å². The highest BCUT2D eigenvalue weighted by Crippen LogP contribution is 2.42. The topological polar surface area (TPSA) is 101 Å². The number of hydrogen-bond acceptors (Lipinski definition) is 5. The number of hydrogen-bond donors (Lipinski definition) is 3. The highest BCUT2D eigenvalue weighted by Gasteiger charge is 2.37. The van der Waals surface area contributed by atoms with Gasteiger partial charge in [0.15, 0.2) is 0 Å². The van der Waals surface area contributed by atoms with Gasteiger partial charge in [-0.15, -0.1) is 0 Å². The first kappa shape index (κ1) is 14.8. The van der Waals surface area contributed by atoms with E-state index < -0.39 is 10.0 Å². The van der Waals surface area contributed by atoms with Crippen molar-refractivity contribution in [2.24, 2.45) is 5.73 Å². The van der Waals surface area contributed by atoms with Gasteiger partial charge in [0.05, 0.1) is 11.4 Å². The zero-order chi connectivity index (χ0) is 14.1. The third kappa shape index (κ3) is 2.81. The molecule has 0 aliphatic heterocycles.